The molecule has 1 heterocycles. The maximum absolute atomic E-state index is 13.2. The number of nitrogens with one attached hydrogen (secondary N) is 2. The van der Waals surface area contributed by atoms with Crippen molar-refractivity contribution in [3.63, 3.8) is 0 Å². The number of carbonyl (C=O) groups excluding carboxylic acids is 2. The highest BCUT2D eigenvalue weighted by Gasteiger charge is 2.23. The molecule has 0 saturated carbocycles. The summed E-state index contributed by atoms with van der Waals surface area (Å²) in [6, 6.07) is 14.0. The van der Waals surface area contributed by atoms with Gasteiger partial charge in [0, 0.05) is 29.8 Å². The van der Waals surface area contributed by atoms with Gasteiger partial charge in [0.1, 0.15) is 5.75 Å². The first-order chi connectivity index (χ1) is 19.0. The van der Waals surface area contributed by atoms with Crippen molar-refractivity contribution in [3.8, 4) is 28.0 Å². The predicted octanol–water partition coefficient (Wildman–Crippen LogP) is 5.23. The van der Waals surface area contributed by atoms with Crippen molar-refractivity contribution in [2.75, 3.05) is 31.3 Å². The van der Waals surface area contributed by atoms with Crippen LogP contribution < -0.4 is 21.1 Å². The molecule has 4 aromatic rings. The highest BCUT2D eigenvalue weighted by molar-refractivity contribution is 6.08. The topological polar surface area (TPSA) is 140 Å². The average Bonchev–Trinajstić information content (AvgIpc) is 3.31. The van der Waals surface area contributed by atoms with Gasteiger partial charge in [0.05, 0.1) is 18.1 Å². The number of hydrogen-bond donors (Lipinski definition) is 4. The molecule has 0 aliphatic heterocycles. The van der Waals surface area contributed by atoms with E-state index in [4.69, 9.17) is 15.0 Å². The van der Waals surface area contributed by atoms with Gasteiger partial charge in [0.25, 0.3) is 11.8 Å². The number of ether oxygens (including phenoxy) is 1. The molecule has 5 N–H and O–H groups in total. The monoisotopic (exact) mass is 546 g/mol. The number of aliphatic hydroxyl groups is 1. The van der Waals surface area contributed by atoms with Crippen LogP contribution in [-0.2, 0) is 4.79 Å². The van der Waals surface area contributed by atoms with Gasteiger partial charge >= 0.3 is 0 Å². The molecule has 0 bridgehead atoms. The van der Waals surface area contributed by atoms with Gasteiger partial charge in [-0.1, -0.05) is 37.7 Å². The molecule has 0 saturated heterocycles. The minimum absolute atomic E-state index is 0.0752. The molecule has 0 spiro atoms. The van der Waals surface area contributed by atoms with E-state index in [1.54, 1.807) is 36.4 Å². The smallest absolute Gasteiger partial charge is 0.283 e. The van der Waals surface area contributed by atoms with Gasteiger partial charge in [-0.15, -0.1) is 0 Å². The number of aliphatic hydroxyl groups excluding tert-OH is 1. The molecule has 0 fully saturated rings. The summed E-state index contributed by atoms with van der Waals surface area (Å²) in [4.78, 5) is 24.7. The Labute approximate surface area is 230 Å². The number of nitrogen functional groups attached to an aromatic ring is 1. The molecule has 9 nitrogen and oxygen atoms in total. The maximum atomic E-state index is 13.2. The SMILES string of the molecule is C=C(F)C(=O)Nc1ccc(-c2ccc3onc(N)c3c2-c2ccc(C(=O)NCC(C)(C)CO)c(OC)c2)c(C)c1. The molecule has 2 amide bonds. The molecule has 40 heavy (non-hydrogen) atoms. The minimum atomic E-state index is -1.08. The minimum Gasteiger partial charge on any atom is -0.496 e. The molecule has 0 unspecified atom stereocenters. The summed E-state index contributed by atoms with van der Waals surface area (Å²) in [7, 11) is 1.48. The van der Waals surface area contributed by atoms with Crippen LogP contribution in [0.5, 0.6) is 5.75 Å². The van der Waals surface area contributed by atoms with Crippen molar-refractivity contribution in [3.05, 3.63) is 72.1 Å². The molecule has 4 rings (SSSR count). The number of nitrogens with two attached hydrogens (primary N) is 1. The Hall–Kier alpha value is -4.70. The van der Waals surface area contributed by atoms with Crippen LogP contribution in [-0.4, -0.2) is 42.3 Å². The Morgan fingerprint density at radius 2 is 1.88 bits per heavy atom. The van der Waals surface area contributed by atoms with Crippen molar-refractivity contribution < 1.29 is 28.3 Å². The molecular formula is C30H31FN4O5. The lowest BCUT2D eigenvalue weighted by Crippen LogP contribution is -2.36. The molecule has 0 radical (unpaired) electrons. The van der Waals surface area contributed by atoms with Gasteiger partial charge in [-0.3, -0.25) is 9.59 Å². The molecule has 0 aliphatic carbocycles. The van der Waals surface area contributed by atoms with Crippen LogP contribution in [0.2, 0.25) is 0 Å². The lowest BCUT2D eigenvalue weighted by molar-refractivity contribution is -0.114. The van der Waals surface area contributed by atoms with Gasteiger partial charge in [-0.05, 0) is 65.6 Å². The first-order valence-corrected chi connectivity index (χ1v) is 12.5. The number of fused-ring (bicyclic) bond motifs is 1. The van der Waals surface area contributed by atoms with Crippen LogP contribution in [0.15, 0.2) is 65.5 Å². The van der Waals surface area contributed by atoms with E-state index in [2.05, 4.69) is 22.4 Å². The van der Waals surface area contributed by atoms with Gasteiger partial charge in [0.15, 0.2) is 17.2 Å². The van der Waals surface area contributed by atoms with E-state index in [1.165, 1.54) is 7.11 Å². The second kappa shape index (κ2) is 11.2. The van der Waals surface area contributed by atoms with Crippen LogP contribution in [0.1, 0.15) is 29.8 Å². The van der Waals surface area contributed by atoms with Crippen LogP contribution >= 0.6 is 0 Å². The molecule has 1 aromatic heterocycles. The third-order valence-electron chi connectivity index (χ3n) is 6.58. The van der Waals surface area contributed by atoms with Crippen molar-refractivity contribution in [2.24, 2.45) is 5.41 Å². The Bertz CT molecular complexity index is 1630. The number of benzene rings is 3. The van der Waals surface area contributed by atoms with E-state index in [1.807, 2.05) is 32.9 Å². The molecule has 0 atom stereocenters. The van der Waals surface area contributed by atoms with Crippen molar-refractivity contribution in [1.29, 1.82) is 0 Å². The fourth-order valence-electron chi connectivity index (χ4n) is 4.33. The summed E-state index contributed by atoms with van der Waals surface area (Å²) in [6.07, 6.45) is 0. The first kappa shape index (κ1) is 28.3. The number of carbonyl (C=O) groups is 2. The summed E-state index contributed by atoms with van der Waals surface area (Å²) < 4.78 is 24.2. The first-order valence-electron chi connectivity index (χ1n) is 12.5. The van der Waals surface area contributed by atoms with Gasteiger partial charge in [-0.2, -0.15) is 0 Å². The van der Waals surface area contributed by atoms with Gasteiger partial charge < -0.3 is 30.7 Å². The number of hydrogen-bond acceptors (Lipinski definition) is 7. The lowest BCUT2D eigenvalue weighted by Gasteiger charge is -2.22. The van der Waals surface area contributed by atoms with Crippen molar-refractivity contribution >= 4 is 34.3 Å². The van der Waals surface area contributed by atoms with E-state index in [-0.39, 0.29) is 24.9 Å². The molecule has 10 heteroatoms. The number of amides is 2. The third-order valence-corrected chi connectivity index (χ3v) is 6.58. The standard InChI is InChI=1S/C30H31FN4O5/c1-16-12-19(34-28(37)17(2)31)7-9-20(16)21-10-11-23-26(27(32)35-40-23)25(21)18-6-8-22(24(13-18)39-5)29(38)33-14-30(3,4)15-36/h6-13,36H,2,14-15H2,1,3-5H3,(H2,32,35)(H,33,38)(H,34,37). The summed E-state index contributed by atoms with van der Waals surface area (Å²) in [5, 5.41) is 19.4. The maximum Gasteiger partial charge on any atom is 0.283 e. The number of aromatic nitrogens is 1. The third kappa shape index (κ3) is 5.67. The zero-order valence-corrected chi connectivity index (χ0v) is 22.7. The van der Waals surface area contributed by atoms with Crippen LogP contribution in [0, 0.1) is 12.3 Å². The Balaban J connectivity index is 1.82. The second-order valence-corrected chi connectivity index (χ2v) is 10.2. The quantitative estimate of drug-likeness (QED) is 0.211. The summed E-state index contributed by atoms with van der Waals surface area (Å²) >= 11 is 0. The van der Waals surface area contributed by atoms with E-state index in [9.17, 15) is 19.1 Å². The van der Waals surface area contributed by atoms with E-state index >= 15 is 0 Å². The number of halogens is 1. The van der Waals surface area contributed by atoms with Crippen molar-refractivity contribution in [1.82, 2.24) is 10.5 Å². The number of methoxy groups -OCH3 is 1. The number of anilines is 2. The molecular weight excluding hydrogens is 515 g/mol. The number of nitrogens with zero attached hydrogens (tertiary/aromatic N) is 1. The fourth-order valence-corrected chi connectivity index (χ4v) is 4.33. The predicted molar refractivity (Wildman–Crippen MR) is 153 cm³/mol. The Morgan fingerprint density at radius 3 is 2.52 bits per heavy atom. The lowest BCUT2D eigenvalue weighted by atomic mass is 9.89. The fraction of sp³-hybridized carbons (Fsp3) is 0.233. The largest absolute Gasteiger partial charge is 0.496 e. The highest BCUT2D eigenvalue weighted by atomic mass is 19.1. The van der Waals surface area contributed by atoms with Gasteiger partial charge in [0.2, 0.25) is 0 Å². The van der Waals surface area contributed by atoms with E-state index in [0.29, 0.717) is 39.1 Å². The van der Waals surface area contributed by atoms with Crippen LogP contribution in [0.3, 0.4) is 0 Å². The summed E-state index contributed by atoms with van der Waals surface area (Å²) in [5.41, 5.74) is 10.8. The molecule has 0 aliphatic rings. The Kier molecular flexibility index (Phi) is 7.92. The van der Waals surface area contributed by atoms with E-state index in [0.717, 1.165) is 16.7 Å². The molecule has 3 aromatic carbocycles. The summed E-state index contributed by atoms with van der Waals surface area (Å²) in [6.45, 7) is 8.78. The van der Waals surface area contributed by atoms with Crippen LogP contribution in [0.25, 0.3) is 33.2 Å². The average molecular weight is 547 g/mol. The van der Waals surface area contributed by atoms with Crippen LogP contribution in [0.4, 0.5) is 15.9 Å². The number of rotatable bonds is 9. The highest BCUT2D eigenvalue weighted by Crippen LogP contribution is 2.43. The molecule has 208 valence electrons. The zero-order valence-electron chi connectivity index (χ0n) is 22.7. The second-order valence-electron chi connectivity index (χ2n) is 10.2. The summed E-state index contributed by atoms with van der Waals surface area (Å²) in [5.74, 6) is -1.79. The van der Waals surface area contributed by atoms with Crippen molar-refractivity contribution in [2.45, 2.75) is 20.8 Å². The number of aryl methyl sites for hydroxylation is 1. The van der Waals surface area contributed by atoms with Gasteiger partial charge in [-0.25, -0.2) is 4.39 Å². The van der Waals surface area contributed by atoms with E-state index < -0.39 is 17.1 Å². The Morgan fingerprint density at radius 1 is 1.15 bits per heavy atom. The zero-order chi connectivity index (χ0) is 29.2. The normalized spacial score (nSPS) is 11.3.